The molecule has 1 heterocycles. The Kier molecular flexibility index (Phi) is 5.15. The Hall–Kier alpha value is -2.45. The minimum Gasteiger partial charge on any atom is -0.490 e. The van der Waals surface area contributed by atoms with Gasteiger partial charge in [0.25, 0.3) is 0 Å². The van der Waals surface area contributed by atoms with Gasteiger partial charge in [0.1, 0.15) is 24.4 Å². The first-order chi connectivity index (χ1) is 11.5. The fourth-order valence-electron chi connectivity index (χ4n) is 2.12. The highest BCUT2D eigenvalue weighted by atomic mass is 19.4. The van der Waals surface area contributed by atoms with E-state index in [9.17, 15) is 22.8 Å². The summed E-state index contributed by atoms with van der Waals surface area (Å²) in [6.07, 6.45) is -5.97. The minimum absolute atomic E-state index is 0.0495. The number of hydrogen-bond donors (Lipinski definition) is 1. The first kappa shape index (κ1) is 18.9. The van der Waals surface area contributed by atoms with Crippen LogP contribution in [0.3, 0.4) is 0 Å². The van der Waals surface area contributed by atoms with Crippen LogP contribution in [0.15, 0.2) is 18.2 Å². The highest BCUT2D eigenvalue weighted by molar-refractivity contribution is 5.96. The molecule has 9 heteroatoms. The van der Waals surface area contributed by atoms with Crippen LogP contribution in [0.5, 0.6) is 5.75 Å². The van der Waals surface area contributed by atoms with Crippen LogP contribution in [0.2, 0.25) is 0 Å². The number of amides is 1. The molecule has 0 aromatic heterocycles. The molecule has 1 aromatic rings. The minimum atomic E-state index is -4.64. The number of rotatable bonds is 4. The number of anilines is 1. The standard InChI is InChI=1S/C16H18F3NO5/c1-9(2)25-12-5-4-10(6-11(12)16(17,18)19)20-13(21)15(3)7-23-14(22)24-8-15/h4-6,9H,7-8H2,1-3H3,(H,20,21). The molecule has 0 saturated carbocycles. The highest BCUT2D eigenvalue weighted by Gasteiger charge is 2.41. The van der Waals surface area contributed by atoms with Gasteiger partial charge in [-0.2, -0.15) is 13.2 Å². The van der Waals surface area contributed by atoms with E-state index in [4.69, 9.17) is 4.74 Å². The number of nitrogens with one attached hydrogen (secondary N) is 1. The highest BCUT2D eigenvalue weighted by Crippen LogP contribution is 2.38. The van der Waals surface area contributed by atoms with Crippen LogP contribution in [0.1, 0.15) is 26.3 Å². The number of carbonyl (C=O) groups is 2. The van der Waals surface area contributed by atoms with Gasteiger partial charge in [-0.05, 0) is 39.0 Å². The van der Waals surface area contributed by atoms with Crippen LogP contribution in [0.4, 0.5) is 23.7 Å². The fraction of sp³-hybridized carbons (Fsp3) is 0.500. The molecule has 138 valence electrons. The van der Waals surface area contributed by atoms with Gasteiger partial charge in [0.05, 0.1) is 11.7 Å². The third-order valence-electron chi connectivity index (χ3n) is 3.47. The topological polar surface area (TPSA) is 73.9 Å². The van der Waals surface area contributed by atoms with Crippen LogP contribution in [0.25, 0.3) is 0 Å². The molecular weight excluding hydrogens is 343 g/mol. The monoisotopic (exact) mass is 361 g/mol. The lowest BCUT2D eigenvalue weighted by molar-refractivity contribution is -0.139. The van der Waals surface area contributed by atoms with Crippen molar-refractivity contribution in [3.63, 3.8) is 0 Å². The maximum atomic E-state index is 13.2. The first-order valence-electron chi connectivity index (χ1n) is 7.50. The van der Waals surface area contributed by atoms with Crippen molar-refractivity contribution >= 4 is 17.7 Å². The first-order valence-corrected chi connectivity index (χ1v) is 7.50. The van der Waals surface area contributed by atoms with Gasteiger partial charge in [-0.15, -0.1) is 0 Å². The molecule has 6 nitrogen and oxygen atoms in total. The van der Waals surface area contributed by atoms with E-state index in [2.05, 4.69) is 14.8 Å². The molecule has 0 aliphatic carbocycles. The molecule has 1 amide bonds. The summed E-state index contributed by atoms with van der Waals surface area (Å²) in [5.41, 5.74) is -2.23. The number of alkyl halides is 3. The van der Waals surface area contributed by atoms with Gasteiger partial charge < -0.3 is 19.5 Å². The van der Waals surface area contributed by atoms with Gasteiger partial charge in [-0.25, -0.2) is 4.79 Å². The van der Waals surface area contributed by atoms with Gasteiger partial charge in [0.2, 0.25) is 5.91 Å². The van der Waals surface area contributed by atoms with E-state index in [0.717, 1.165) is 12.1 Å². The van der Waals surface area contributed by atoms with Crippen LogP contribution in [0, 0.1) is 5.41 Å². The molecule has 1 N–H and O–H groups in total. The molecule has 1 fully saturated rings. The number of benzene rings is 1. The average Bonchev–Trinajstić information content (AvgIpc) is 2.50. The van der Waals surface area contributed by atoms with Crippen LogP contribution >= 0.6 is 0 Å². The van der Waals surface area contributed by atoms with E-state index in [1.165, 1.54) is 13.0 Å². The Bertz CT molecular complexity index is 662. The zero-order valence-corrected chi connectivity index (χ0v) is 13.9. The fourth-order valence-corrected chi connectivity index (χ4v) is 2.12. The summed E-state index contributed by atoms with van der Waals surface area (Å²) in [5.74, 6) is -0.938. The molecular formula is C16H18F3NO5. The van der Waals surface area contributed by atoms with E-state index >= 15 is 0 Å². The normalized spacial score (nSPS) is 16.8. The lowest BCUT2D eigenvalue weighted by Crippen LogP contribution is -2.46. The second-order valence-electron chi connectivity index (χ2n) is 6.22. The summed E-state index contributed by atoms with van der Waals surface area (Å²) >= 11 is 0. The van der Waals surface area contributed by atoms with Crippen molar-refractivity contribution in [2.75, 3.05) is 18.5 Å². The lowest BCUT2D eigenvalue weighted by atomic mass is 9.91. The van der Waals surface area contributed by atoms with E-state index in [1.54, 1.807) is 13.8 Å². The van der Waals surface area contributed by atoms with Crippen molar-refractivity contribution in [1.82, 2.24) is 0 Å². The van der Waals surface area contributed by atoms with Gasteiger partial charge in [-0.3, -0.25) is 4.79 Å². The Balaban J connectivity index is 2.22. The van der Waals surface area contributed by atoms with Crippen molar-refractivity contribution in [1.29, 1.82) is 0 Å². The quantitative estimate of drug-likeness (QED) is 0.830. The van der Waals surface area contributed by atoms with Crippen molar-refractivity contribution in [2.45, 2.75) is 33.1 Å². The summed E-state index contributed by atoms with van der Waals surface area (Å²) < 4.78 is 54.2. The number of hydrogen-bond acceptors (Lipinski definition) is 5. The lowest BCUT2D eigenvalue weighted by Gasteiger charge is -2.30. The summed E-state index contributed by atoms with van der Waals surface area (Å²) in [6.45, 7) is 4.26. The molecule has 1 saturated heterocycles. The van der Waals surface area contributed by atoms with E-state index < -0.39 is 35.3 Å². The Morgan fingerprint density at radius 3 is 2.40 bits per heavy atom. The molecule has 0 bridgehead atoms. The number of halogens is 3. The maximum absolute atomic E-state index is 13.2. The van der Waals surface area contributed by atoms with E-state index in [0.29, 0.717) is 0 Å². The Morgan fingerprint density at radius 2 is 1.88 bits per heavy atom. The number of cyclic esters (lactones) is 2. The van der Waals surface area contributed by atoms with Crippen LogP contribution in [-0.2, 0) is 20.4 Å². The SMILES string of the molecule is CC(C)Oc1ccc(NC(=O)C2(C)COC(=O)OC2)cc1C(F)(F)F. The van der Waals surface area contributed by atoms with Crippen LogP contribution in [-0.4, -0.2) is 31.4 Å². The second-order valence-corrected chi connectivity index (χ2v) is 6.22. The van der Waals surface area contributed by atoms with E-state index in [-0.39, 0.29) is 24.7 Å². The Labute approximate surface area is 142 Å². The van der Waals surface area contributed by atoms with Gasteiger partial charge in [-0.1, -0.05) is 0 Å². The maximum Gasteiger partial charge on any atom is 0.508 e. The van der Waals surface area contributed by atoms with E-state index in [1.807, 2.05) is 0 Å². The Morgan fingerprint density at radius 1 is 1.28 bits per heavy atom. The second kappa shape index (κ2) is 6.81. The third kappa shape index (κ3) is 4.55. The van der Waals surface area contributed by atoms with Crippen molar-refractivity contribution in [3.05, 3.63) is 23.8 Å². The molecule has 0 spiro atoms. The molecule has 2 rings (SSSR count). The van der Waals surface area contributed by atoms with Gasteiger partial charge in [0.15, 0.2) is 0 Å². The largest absolute Gasteiger partial charge is 0.508 e. The van der Waals surface area contributed by atoms with Gasteiger partial charge >= 0.3 is 12.3 Å². The smallest absolute Gasteiger partial charge is 0.490 e. The predicted octanol–water partition coefficient (Wildman–Crippen LogP) is 3.60. The average molecular weight is 361 g/mol. The summed E-state index contributed by atoms with van der Waals surface area (Å²) in [6, 6.07) is 3.26. The predicted molar refractivity (Wildman–Crippen MR) is 81.2 cm³/mol. The summed E-state index contributed by atoms with van der Waals surface area (Å²) in [5, 5.41) is 2.39. The summed E-state index contributed by atoms with van der Waals surface area (Å²) in [4.78, 5) is 23.2. The molecule has 1 aliphatic rings. The van der Waals surface area contributed by atoms with Crippen molar-refractivity contribution < 1.29 is 37.0 Å². The molecule has 0 radical (unpaired) electrons. The zero-order valence-electron chi connectivity index (χ0n) is 13.9. The van der Waals surface area contributed by atoms with Crippen molar-refractivity contribution in [3.8, 4) is 5.75 Å². The number of ether oxygens (including phenoxy) is 3. The molecule has 25 heavy (non-hydrogen) atoms. The summed E-state index contributed by atoms with van der Waals surface area (Å²) in [7, 11) is 0. The third-order valence-corrected chi connectivity index (χ3v) is 3.47. The zero-order chi connectivity index (χ0) is 18.8. The van der Waals surface area contributed by atoms with Gasteiger partial charge in [0, 0.05) is 5.69 Å². The molecule has 0 unspecified atom stereocenters. The molecule has 0 atom stereocenters. The molecule has 1 aliphatic heterocycles. The van der Waals surface area contributed by atoms with Crippen molar-refractivity contribution in [2.24, 2.45) is 5.41 Å². The number of carbonyl (C=O) groups excluding carboxylic acids is 2. The molecule has 1 aromatic carbocycles. The van der Waals surface area contributed by atoms with Crippen LogP contribution < -0.4 is 10.1 Å².